The number of likely N-dealkylation sites (tertiary alicyclic amines) is 1. The molecular formula is C22H26N2O3. The van der Waals surface area contributed by atoms with Crippen LogP contribution in [-0.4, -0.2) is 46.3 Å². The highest BCUT2D eigenvalue weighted by molar-refractivity contribution is 5.99. The van der Waals surface area contributed by atoms with Crippen molar-refractivity contribution in [2.75, 3.05) is 25.0 Å². The number of aliphatic hydroxyl groups is 2. The third kappa shape index (κ3) is 4.21. The molecule has 0 saturated carbocycles. The summed E-state index contributed by atoms with van der Waals surface area (Å²) < 4.78 is 0. The predicted octanol–water partition coefficient (Wildman–Crippen LogP) is 2.28. The number of hydrogen-bond donors (Lipinski definition) is 3. The van der Waals surface area contributed by atoms with Crippen LogP contribution in [0.1, 0.15) is 35.6 Å². The second-order valence-corrected chi connectivity index (χ2v) is 7.84. The first-order valence-electron chi connectivity index (χ1n) is 9.60. The molecule has 1 fully saturated rings. The maximum absolute atomic E-state index is 11.5. The Morgan fingerprint density at radius 3 is 2.59 bits per heavy atom. The predicted molar refractivity (Wildman–Crippen MR) is 105 cm³/mol. The Bertz CT molecular complexity index is 814. The number of aliphatic hydroxyl groups excluding tert-OH is 1. The molecule has 3 N–H and O–H groups in total. The SMILES string of the molecule is O=C1Cc2cc(C(O)CN3CCC(O)(Cc4ccccc4)CC3)ccc2N1. The maximum Gasteiger partial charge on any atom is 0.228 e. The van der Waals surface area contributed by atoms with E-state index in [4.69, 9.17) is 0 Å². The van der Waals surface area contributed by atoms with Crippen LogP contribution in [0.25, 0.3) is 0 Å². The molecule has 4 rings (SSSR count). The van der Waals surface area contributed by atoms with E-state index in [1.807, 2.05) is 36.4 Å². The second kappa shape index (κ2) is 7.43. The van der Waals surface area contributed by atoms with Crippen LogP contribution in [-0.2, 0) is 17.6 Å². The lowest BCUT2D eigenvalue weighted by atomic mass is 9.85. The normalized spacial score (nSPS) is 20.1. The van der Waals surface area contributed by atoms with Gasteiger partial charge in [-0.05, 0) is 35.6 Å². The number of nitrogens with one attached hydrogen (secondary N) is 1. The van der Waals surface area contributed by atoms with Crippen LogP contribution in [0.3, 0.4) is 0 Å². The number of fused-ring (bicyclic) bond motifs is 1. The van der Waals surface area contributed by atoms with Gasteiger partial charge in [0.2, 0.25) is 5.91 Å². The summed E-state index contributed by atoms with van der Waals surface area (Å²) in [4.78, 5) is 13.7. The Labute approximate surface area is 159 Å². The smallest absolute Gasteiger partial charge is 0.228 e. The van der Waals surface area contributed by atoms with Crippen LogP contribution in [0.4, 0.5) is 5.69 Å². The molecule has 1 saturated heterocycles. The minimum atomic E-state index is -0.664. The third-order valence-electron chi connectivity index (χ3n) is 5.73. The first-order chi connectivity index (χ1) is 13.0. The molecule has 5 heteroatoms. The number of β-amino-alcohol motifs (C(OH)–C–C–N with tert-alkyl or cyclic N) is 1. The van der Waals surface area contributed by atoms with Crippen LogP contribution in [0.15, 0.2) is 48.5 Å². The lowest BCUT2D eigenvalue weighted by molar-refractivity contribution is -0.115. The summed E-state index contributed by atoms with van der Waals surface area (Å²) in [5.74, 6) is 0.00497. The van der Waals surface area contributed by atoms with Crippen molar-refractivity contribution in [3.8, 4) is 0 Å². The van der Waals surface area contributed by atoms with Crippen molar-refractivity contribution in [2.45, 2.75) is 37.4 Å². The zero-order valence-electron chi connectivity index (χ0n) is 15.4. The van der Waals surface area contributed by atoms with Crippen molar-refractivity contribution < 1.29 is 15.0 Å². The molecule has 5 nitrogen and oxygen atoms in total. The van der Waals surface area contributed by atoms with Crippen molar-refractivity contribution >= 4 is 11.6 Å². The molecule has 0 spiro atoms. The monoisotopic (exact) mass is 366 g/mol. The van der Waals surface area contributed by atoms with Gasteiger partial charge in [-0.15, -0.1) is 0 Å². The summed E-state index contributed by atoms with van der Waals surface area (Å²) in [5.41, 5.74) is 3.14. The third-order valence-corrected chi connectivity index (χ3v) is 5.73. The fourth-order valence-electron chi connectivity index (χ4n) is 4.11. The fraction of sp³-hybridized carbons (Fsp3) is 0.409. The van der Waals surface area contributed by atoms with Crippen LogP contribution in [0.2, 0.25) is 0 Å². The molecular weight excluding hydrogens is 340 g/mol. The summed E-state index contributed by atoms with van der Waals surface area (Å²) >= 11 is 0. The minimum Gasteiger partial charge on any atom is -0.389 e. The van der Waals surface area contributed by atoms with Gasteiger partial charge in [-0.2, -0.15) is 0 Å². The van der Waals surface area contributed by atoms with Crippen LogP contribution in [0, 0.1) is 0 Å². The number of hydrogen-bond acceptors (Lipinski definition) is 4. The second-order valence-electron chi connectivity index (χ2n) is 7.84. The molecule has 27 heavy (non-hydrogen) atoms. The number of anilines is 1. The van der Waals surface area contributed by atoms with E-state index in [0.29, 0.717) is 32.2 Å². The van der Waals surface area contributed by atoms with E-state index in [1.165, 1.54) is 0 Å². The quantitative estimate of drug-likeness (QED) is 0.759. The fourth-order valence-corrected chi connectivity index (χ4v) is 4.11. The summed E-state index contributed by atoms with van der Waals surface area (Å²) in [6.45, 7) is 2.08. The lowest BCUT2D eigenvalue weighted by Crippen LogP contribution is -2.46. The molecule has 1 atom stereocenters. The van der Waals surface area contributed by atoms with E-state index in [-0.39, 0.29) is 5.91 Å². The first-order valence-corrected chi connectivity index (χ1v) is 9.60. The highest BCUT2D eigenvalue weighted by Crippen LogP contribution is 2.29. The average molecular weight is 366 g/mol. The molecule has 2 aromatic carbocycles. The molecule has 1 unspecified atom stereocenters. The van der Waals surface area contributed by atoms with Gasteiger partial charge in [-0.1, -0.05) is 42.5 Å². The molecule has 2 heterocycles. The maximum atomic E-state index is 11.5. The Balaban J connectivity index is 1.32. The summed E-state index contributed by atoms with van der Waals surface area (Å²) in [5, 5.41) is 24.3. The number of benzene rings is 2. The first kappa shape index (κ1) is 18.2. The summed E-state index contributed by atoms with van der Waals surface area (Å²) in [6, 6.07) is 15.8. The molecule has 142 valence electrons. The Kier molecular flexibility index (Phi) is 5.00. The highest BCUT2D eigenvalue weighted by Gasteiger charge is 2.33. The van der Waals surface area contributed by atoms with E-state index >= 15 is 0 Å². The lowest BCUT2D eigenvalue weighted by Gasteiger charge is -2.39. The van der Waals surface area contributed by atoms with Gasteiger partial charge in [0.1, 0.15) is 0 Å². The van der Waals surface area contributed by atoms with Crippen LogP contribution < -0.4 is 5.32 Å². The average Bonchev–Trinajstić information content (AvgIpc) is 3.03. The van der Waals surface area contributed by atoms with E-state index in [9.17, 15) is 15.0 Å². The molecule has 0 aliphatic carbocycles. The van der Waals surface area contributed by atoms with Gasteiger partial charge in [0, 0.05) is 31.7 Å². The minimum absolute atomic E-state index is 0.00497. The number of rotatable bonds is 5. The molecule has 1 amide bonds. The largest absolute Gasteiger partial charge is 0.389 e. The standard InChI is InChI=1S/C22H26N2O3/c25-20(17-6-7-19-18(12-17)13-21(26)23-19)15-24-10-8-22(27,9-11-24)14-16-4-2-1-3-5-16/h1-7,12,20,25,27H,8-11,13-15H2,(H,23,26). The molecule has 2 aliphatic rings. The molecule has 0 radical (unpaired) electrons. The van der Waals surface area contributed by atoms with Crippen molar-refractivity contribution in [1.82, 2.24) is 4.90 Å². The molecule has 2 aliphatic heterocycles. The number of carbonyl (C=O) groups is 1. The molecule has 0 bridgehead atoms. The number of carbonyl (C=O) groups excluding carboxylic acids is 1. The zero-order chi connectivity index (χ0) is 18.9. The topological polar surface area (TPSA) is 72.8 Å². The summed E-state index contributed by atoms with van der Waals surface area (Å²) in [7, 11) is 0. The Morgan fingerprint density at radius 1 is 1.11 bits per heavy atom. The number of nitrogens with zero attached hydrogens (tertiary/aromatic N) is 1. The van der Waals surface area contributed by atoms with E-state index < -0.39 is 11.7 Å². The van der Waals surface area contributed by atoms with Crippen molar-refractivity contribution in [3.05, 3.63) is 65.2 Å². The van der Waals surface area contributed by atoms with Gasteiger partial charge < -0.3 is 20.4 Å². The summed E-state index contributed by atoms with van der Waals surface area (Å²) in [6.07, 6.45) is 1.88. The van der Waals surface area contributed by atoms with Crippen molar-refractivity contribution in [3.63, 3.8) is 0 Å². The number of piperidine rings is 1. The highest BCUT2D eigenvalue weighted by atomic mass is 16.3. The van der Waals surface area contributed by atoms with Crippen molar-refractivity contribution in [1.29, 1.82) is 0 Å². The van der Waals surface area contributed by atoms with E-state index in [0.717, 1.165) is 35.5 Å². The van der Waals surface area contributed by atoms with Gasteiger partial charge in [0.25, 0.3) is 0 Å². The number of amides is 1. The molecule has 0 aromatic heterocycles. The Morgan fingerprint density at radius 2 is 1.85 bits per heavy atom. The van der Waals surface area contributed by atoms with E-state index in [1.54, 1.807) is 0 Å². The van der Waals surface area contributed by atoms with Gasteiger partial charge in [0.05, 0.1) is 18.1 Å². The van der Waals surface area contributed by atoms with E-state index in [2.05, 4.69) is 22.3 Å². The molecule has 2 aromatic rings. The van der Waals surface area contributed by atoms with Gasteiger partial charge in [-0.25, -0.2) is 0 Å². The Hall–Kier alpha value is -2.21. The van der Waals surface area contributed by atoms with Crippen LogP contribution >= 0.6 is 0 Å². The zero-order valence-corrected chi connectivity index (χ0v) is 15.4. The van der Waals surface area contributed by atoms with Crippen LogP contribution in [0.5, 0.6) is 0 Å². The van der Waals surface area contributed by atoms with Crippen molar-refractivity contribution in [2.24, 2.45) is 0 Å². The van der Waals surface area contributed by atoms with Gasteiger partial charge in [-0.3, -0.25) is 4.79 Å². The van der Waals surface area contributed by atoms with Gasteiger partial charge in [0.15, 0.2) is 0 Å². The van der Waals surface area contributed by atoms with Gasteiger partial charge >= 0.3 is 0 Å².